The molecule has 3 nitrogen and oxygen atoms in total. The van der Waals surface area contributed by atoms with Crippen molar-refractivity contribution in [3.8, 4) is 12.3 Å². The first-order valence-corrected chi connectivity index (χ1v) is 10.4. The summed E-state index contributed by atoms with van der Waals surface area (Å²) in [5.41, 5.74) is 2.20. The molecule has 0 radical (unpaired) electrons. The van der Waals surface area contributed by atoms with Gasteiger partial charge in [0.1, 0.15) is 0 Å². The Balaban J connectivity index is 1.78. The second-order valence-corrected chi connectivity index (χ2v) is 8.18. The molecule has 25 heavy (non-hydrogen) atoms. The summed E-state index contributed by atoms with van der Waals surface area (Å²) in [6.07, 6.45) is 5.48. The van der Waals surface area contributed by atoms with E-state index in [9.17, 15) is 4.79 Å². The third kappa shape index (κ3) is 4.63. The molecule has 1 amide bonds. The van der Waals surface area contributed by atoms with E-state index in [0.29, 0.717) is 17.1 Å². The molecule has 126 valence electrons. The summed E-state index contributed by atoms with van der Waals surface area (Å²) >= 11 is 6.51. The van der Waals surface area contributed by atoms with Crippen molar-refractivity contribution < 1.29 is 4.79 Å². The van der Waals surface area contributed by atoms with E-state index < -0.39 is 0 Å². The molecule has 1 aromatic heterocycles. The highest BCUT2D eigenvalue weighted by Crippen LogP contribution is 2.22. The van der Waals surface area contributed by atoms with Crippen molar-refractivity contribution in [2.75, 3.05) is 5.75 Å². The van der Waals surface area contributed by atoms with Gasteiger partial charge in [-0.15, -0.1) is 18.2 Å². The van der Waals surface area contributed by atoms with E-state index in [2.05, 4.69) is 39.0 Å². The predicted octanol–water partition coefficient (Wildman–Crippen LogP) is 4.46. The first-order valence-electron chi connectivity index (χ1n) is 7.59. The molecule has 2 aromatic carbocycles. The van der Waals surface area contributed by atoms with Gasteiger partial charge in [-0.05, 0) is 23.8 Å². The van der Waals surface area contributed by atoms with Crippen LogP contribution in [0.25, 0.3) is 10.2 Å². The second kappa shape index (κ2) is 8.52. The van der Waals surface area contributed by atoms with Crippen LogP contribution in [0.5, 0.6) is 0 Å². The van der Waals surface area contributed by atoms with Gasteiger partial charge in [0.15, 0.2) is 4.80 Å². The number of thioether (sulfide) groups is 1. The summed E-state index contributed by atoms with van der Waals surface area (Å²) in [4.78, 5) is 17.2. The van der Waals surface area contributed by atoms with Crippen LogP contribution in [0.1, 0.15) is 5.56 Å². The van der Waals surface area contributed by atoms with Gasteiger partial charge in [-0.3, -0.25) is 4.79 Å². The first kappa shape index (κ1) is 18.0. The van der Waals surface area contributed by atoms with Crippen molar-refractivity contribution in [2.45, 2.75) is 12.3 Å². The largest absolute Gasteiger partial charge is 0.305 e. The number of fused-ring (bicyclic) bond motifs is 1. The number of hydrogen-bond acceptors (Lipinski definition) is 3. The van der Waals surface area contributed by atoms with E-state index >= 15 is 0 Å². The number of nitrogens with zero attached hydrogens (tertiary/aromatic N) is 2. The Labute approximate surface area is 162 Å². The Hall–Kier alpha value is -1.81. The zero-order valence-electron chi connectivity index (χ0n) is 13.3. The van der Waals surface area contributed by atoms with Gasteiger partial charge in [0, 0.05) is 10.2 Å². The third-order valence-electron chi connectivity index (χ3n) is 3.45. The van der Waals surface area contributed by atoms with Gasteiger partial charge in [0.05, 0.1) is 22.5 Å². The van der Waals surface area contributed by atoms with Crippen LogP contribution in [-0.2, 0) is 17.1 Å². The zero-order valence-corrected chi connectivity index (χ0v) is 16.5. The smallest absolute Gasteiger partial charge is 0.258 e. The molecule has 0 aliphatic carbocycles. The topological polar surface area (TPSA) is 34.4 Å². The first-order chi connectivity index (χ1) is 12.2. The molecule has 0 fully saturated rings. The lowest BCUT2D eigenvalue weighted by molar-refractivity contribution is -0.115. The summed E-state index contributed by atoms with van der Waals surface area (Å²) in [7, 11) is 0. The second-order valence-electron chi connectivity index (χ2n) is 5.27. The van der Waals surface area contributed by atoms with Crippen LogP contribution in [-0.4, -0.2) is 16.2 Å². The Kier molecular flexibility index (Phi) is 6.14. The Morgan fingerprint density at radius 3 is 2.84 bits per heavy atom. The van der Waals surface area contributed by atoms with Gasteiger partial charge >= 0.3 is 0 Å². The van der Waals surface area contributed by atoms with Crippen molar-refractivity contribution in [2.24, 2.45) is 4.99 Å². The number of thiazole rings is 1. The minimum atomic E-state index is -0.141. The molecule has 0 aliphatic rings. The number of carbonyl (C=O) groups excluding carboxylic acids is 1. The van der Waals surface area contributed by atoms with E-state index in [-0.39, 0.29) is 5.91 Å². The lowest BCUT2D eigenvalue weighted by Gasteiger charge is -2.00. The predicted molar refractivity (Wildman–Crippen MR) is 110 cm³/mol. The van der Waals surface area contributed by atoms with E-state index in [1.165, 1.54) is 16.9 Å². The van der Waals surface area contributed by atoms with Gasteiger partial charge in [-0.1, -0.05) is 63.5 Å². The van der Waals surface area contributed by atoms with Crippen LogP contribution in [0.4, 0.5) is 0 Å². The molecular formula is C19H15BrN2OS2. The monoisotopic (exact) mass is 430 g/mol. The number of halogens is 1. The van der Waals surface area contributed by atoms with Gasteiger partial charge in [-0.2, -0.15) is 4.99 Å². The molecule has 0 atom stereocenters. The zero-order chi connectivity index (χ0) is 17.6. The molecule has 6 heteroatoms. The number of terminal acetylenes is 1. The molecule has 0 saturated heterocycles. The van der Waals surface area contributed by atoms with Crippen LogP contribution in [0.3, 0.4) is 0 Å². The highest BCUT2D eigenvalue weighted by atomic mass is 79.9. The van der Waals surface area contributed by atoms with E-state index in [4.69, 9.17) is 6.42 Å². The fourth-order valence-corrected chi connectivity index (χ4v) is 4.71. The minimum Gasteiger partial charge on any atom is -0.305 e. The number of benzene rings is 2. The third-order valence-corrected chi connectivity index (χ3v) is 5.97. The van der Waals surface area contributed by atoms with Gasteiger partial charge < -0.3 is 4.57 Å². The normalized spacial score (nSPS) is 11.6. The summed E-state index contributed by atoms with van der Waals surface area (Å²) < 4.78 is 3.95. The number of rotatable bonds is 5. The molecule has 0 spiro atoms. The van der Waals surface area contributed by atoms with Gasteiger partial charge in [-0.25, -0.2) is 0 Å². The van der Waals surface area contributed by atoms with E-state index in [0.717, 1.165) is 20.4 Å². The highest BCUT2D eigenvalue weighted by molar-refractivity contribution is 9.10. The fourth-order valence-electron chi connectivity index (χ4n) is 2.35. The van der Waals surface area contributed by atoms with E-state index in [1.807, 2.05) is 41.0 Å². The van der Waals surface area contributed by atoms with Crippen LogP contribution in [0.15, 0.2) is 58.0 Å². The molecule has 0 N–H and O–H groups in total. The molecule has 0 saturated carbocycles. The molecule has 0 aliphatic heterocycles. The standard InChI is InChI=1S/C19H15BrN2OS2/c1-2-10-22-16-9-8-15(20)11-17(16)25-19(22)21-18(23)13-24-12-14-6-4-3-5-7-14/h1,3-9,11H,10,12-13H2. The van der Waals surface area contributed by atoms with E-state index in [1.54, 1.807) is 11.8 Å². The highest BCUT2D eigenvalue weighted by Gasteiger charge is 2.08. The lowest BCUT2D eigenvalue weighted by atomic mass is 10.2. The Morgan fingerprint density at radius 2 is 2.08 bits per heavy atom. The number of amides is 1. The van der Waals surface area contributed by atoms with Crippen LogP contribution in [0.2, 0.25) is 0 Å². The quantitative estimate of drug-likeness (QED) is 0.559. The molecule has 1 heterocycles. The number of carbonyl (C=O) groups is 1. The van der Waals surface area contributed by atoms with Crippen LogP contribution >= 0.6 is 39.0 Å². The SMILES string of the molecule is C#CCn1c(=NC(=O)CSCc2ccccc2)sc2cc(Br)ccc21. The number of aromatic nitrogens is 1. The summed E-state index contributed by atoms with van der Waals surface area (Å²) in [5.74, 6) is 3.64. The van der Waals surface area contributed by atoms with Crippen molar-refractivity contribution in [1.82, 2.24) is 4.57 Å². The van der Waals surface area contributed by atoms with Crippen molar-refractivity contribution in [1.29, 1.82) is 0 Å². The lowest BCUT2D eigenvalue weighted by Crippen LogP contribution is -2.17. The molecule has 0 unspecified atom stereocenters. The number of hydrogen-bond donors (Lipinski definition) is 0. The maximum absolute atomic E-state index is 12.2. The summed E-state index contributed by atoms with van der Waals surface area (Å²) in [5, 5.41) is 0. The summed E-state index contributed by atoms with van der Waals surface area (Å²) in [6, 6.07) is 16.1. The maximum atomic E-state index is 12.2. The van der Waals surface area contributed by atoms with Gasteiger partial charge in [0.25, 0.3) is 5.91 Å². The molecule has 3 aromatic rings. The molecular weight excluding hydrogens is 416 g/mol. The minimum absolute atomic E-state index is 0.141. The van der Waals surface area contributed by atoms with Crippen molar-refractivity contribution in [3.05, 3.63) is 63.4 Å². The van der Waals surface area contributed by atoms with Gasteiger partial charge in [0.2, 0.25) is 0 Å². The average Bonchev–Trinajstić information content (AvgIpc) is 2.92. The Bertz CT molecular complexity index is 1000. The van der Waals surface area contributed by atoms with Crippen LogP contribution < -0.4 is 4.80 Å². The Morgan fingerprint density at radius 1 is 1.28 bits per heavy atom. The fraction of sp³-hybridized carbons (Fsp3) is 0.158. The van der Waals surface area contributed by atoms with Crippen molar-refractivity contribution in [3.63, 3.8) is 0 Å². The van der Waals surface area contributed by atoms with Crippen LogP contribution in [0, 0.1) is 12.3 Å². The molecule has 3 rings (SSSR count). The summed E-state index contributed by atoms with van der Waals surface area (Å²) in [6.45, 7) is 0.394. The average molecular weight is 431 g/mol. The van der Waals surface area contributed by atoms with Crippen molar-refractivity contribution >= 4 is 55.2 Å². The molecule has 0 bridgehead atoms. The maximum Gasteiger partial charge on any atom is 0.258 e.